The Labute approximate surface area is 95.2 Å². The minimum atomic E-state index is 0.297. The third-order valence-electron chi connectivity index (χ3n) is 4.28. The maximum atomic E-state index is 6.02. The number of likely N-dealkylation sites (N-methyl/N-ethyl adjacent to an activating group) is 1. The molecule has 2 heteroatoms. The fourth-order valence-electron chi connectivity index (χ4n) is 2.71. The molecule has 0 unspecified atom stereocenters. The lowest BCUT2D eigenvalue weighted by Crippen LogP contribution is -2.55. The van der Waals surface area contributed by atoms with E-state index in [0.29, 0.717) is 11.0 Å². The van der Waals surface area contributed by atoms with Gasteiger partial charge in [0.15, 0.2) is 0 Å². The van der Waals surface area contributed by atoms with E-state index in [-0.39, 0.29) is 0 Å². The van der Waals surface area contributed by atoms with Gasteiger partial charge in [-0.15, -0.1) is 0 Å². The molecule has 0 aromatic carbocycles. The average Bonchev–Trinajstić information content (AvgIpc) is 2.19. The number of hydrogen-bond donors (Lipinski definition) is 1. The Morgan fingerprint density at radius 1 is 1.13 bits per heavy atom. The van der Waals surface area contributed by atoms with Crippen molar-refractivity contribution in [2.45, 2.75) is 58.4 Å². The zero-order valence-corrected chi connectivity index (χ0v) is 11.0. The first-order chi connectivity index (χ1) is 6.96. The van der Waals surface area contributed by atoms with Crippen LogP contribution >= 0.6 is 0 Å². The number of hydrogen-bond acceptors (Lipinski definition) is 2. The standard InChI is InChI=1S/C13H28N2/c1-5-10-15(4)13(11-14)8-6-12(2,3)7-9-13/h5-11,14H2,1-4H3. The summed E-state index contributed by atoms with van der Waals surface area (Å²) >= 11 is 0. The molecule has 15 heavy (non-hydrogen) atoms. The van der Waals surface area contributed by atoms with E-state index in [1.165, 1.54) is 38.6 Å². The zero-order valence-electron chi connectivity index (χ0n) is 11.0. The Bertz CT molecular complexity index is 189. The van der Waals surface area contributed by atoms with Gasteiger partial charge in [-0.1, -0.05) is 20.8 Å². The van der Waals surface area contributed by atoms with Gasteiger partial charge in [-0.25, -0.2) is 0 Å². The summed E-state index contributed by atoms with van der Waals surface area (Å²) in [7, 11) is 2.24. The quantitative estimate of drug-likeness (QED) is 0.776. The van der Waals surface area contributed by atoms with Crippen LogP contribution in [-0.2, 0) is 0 Å². The molecule has 2 N–H and O–H groups in total. The van der Waals surface area contributed by atoms with Crippen molar-refractivity contribution >= 4 is 0 Å². The summed E-state index contributed by atoms with van der Waals surface area (Å²) in [6.45, 7) is 9.01. The summed E-state index contributed by atoms with van der Waals surface area (Å²) in [5.41, 5.74) is 6.85. The van der Waals surface area contributed by atoms with Gasteiger partial charge in [-0.05, 0) is 51.1 Å². The van der Waals surface area contributed by atoms with Crippen molar-refractivity contribution < 1.29 is 0 Å². The van der Waals surface area contributed by atoms with E-state index in [1.54, 1.807) is 0 Å². The minimum absolute atomic E-state index is 0.297. The molecular formula is C13H28N2. The average molecular weight is 212 g/mol. The van der Waals surface area contributed by atoms with Crippen LogP contribution in [0.3, 0.4) is 0 Å². The zero-order chi connectivity index (χ0) is 11.5. The summed E-state index contributed by atoms with van der Waals surface area (Å²) in [6.07, 6.45) is 6.40. The van der Waals surface area contributed by atoms with Gasteiger partial charge >= 0.3 is 0 Å². The molecule has 0 spiro atoms. The molecule has 1 saturated carbocycles. The van der Waals surface area contributed by atoms with Crippen LogP contribution in [0.15, 0.2) is 0 Å². The van der Waals surface area contributed by atoms with E-state index in [9.17, 15) is 0 Å². The predicted molar refractivity (Wildman–Crippen MR) is 67.0 cm³/mol. The maximum absolute atomic E-state index is 6.02. The summed E-state index contributed by atoms with van der Waals surface area (Å²) in [4.78, 5) is 2.50. The van der Waals surface area contributed by atoms with E-state index in [1.807, 2.05) is 0 Å². The van der Waals surface area contributed by atoms with Crippen molar-refractivity contribution in [1.29, 1.82) is 0 Å². The molecular weight excluding hydrogens is 184 g/mol. The van der Waals surface area contributed by atoms with E-state index in [4.69, 9.17) is 5.73 Å². The Morgan fingerprint density at radius 3 is 2.07 bits per heavy atom. The molecule has 0 heterocycles. The summed E-state index contributed by atoms with van der Waals surface area (Å²) in [5, 5.41) is 0. The largest absolute Gasteiger partial charge is 0.329 e. The van der Waals surface area contributed by atoms with E-state index >= 15 is 0 Å². The second-order valence-corrected chi connectivity index (χ2v) is 6.01. The first kappa shape index (κ1) is 13.0. The minimum Gasteiger partial charge on any atom is -0.329 e. The van der Waals surface area contributed by atoms with Gasteiger partial charge in [0.25, 0.3) is 0 Å². The topological polar surface area (TPSA) is 29.3 Å². The lowest BCUT2D eigenvalue weighted by Gasteiger charge is -2.48. The summed E-state index contributed by atoms with van der Waals surface area (Å²) in [5.74, 6) is 0. The second kappa shape index (κ2) is 4.84. The van der Waals surface area contributed by atoms with Gasteiger partial charge in [-0.3, -0.25) is 4.90 Å². The fourth-order valence-corrected chi connectivity index (χ4v) is 2.71. The Kier molecular flexibility index (Phi) is 4.19. The molecule has 0 aromatic rings. The Balaban J connectivity index is 2.63. The molecule has 90 valence electrons. The Hall–Kier alpha value is -0.0800. The molecule has 0 bridgehead atoms. The molecule has 1 aliphatic rings. The van der Waals surface area contributed by atoms with Gasteiger partial charge < -0.3 is 5.73 Å². The van der Waals surface area contributed by atoms with Crippen molar-refractivity contribution in [3.05, 3.63) is 0 Å². The van der Waals surface area contributed by atoms with Crippen LogP contribution < -0.4 is 5.73 Å². The number of nitrogens with zero attached hydrogens (tertiary/aromatic N) is 1. The van der Waals surface area contributed by atoms with Crippen LogP contribution in [0.1, 0.15) is 52.9 Å². The van der Waals surface area contributed by atoms with Crippen LogP contribution in [0, 0.1) is 5.41 Å². The Morgan fingerprint density at radius 2 is 1.67 bits per heavy atom. The van der Waals surface area contributed by atoms with Crippen LogP contribution in [-0.4, -0.2) is 30.6 Å². The van der Waals surface area contributed by atoms with Crippen molar-refractivity contribution in [1.82, 2.24) is 4.90 Å². The maximum Gasteiger partial charge on any atom is 0.0329 e. The predicted octanol–water partition coefficient (Wildman–Crippen LogP) is 2.63. The van der Waals surface area contributed by atoms with Crippen LogP contribution in [0.2, 0.25) is 0 Å². The van der Waals surface area contributed by atoms with Crippen molar-refractivity contribution in [2.24, 2.45) is 11.1 Å². The van der Waals surface area contributed by atoms with Crippen LogP contribution in [0.4, 0.5) is 0 Å². The number of rotatable bonds is 4. The first-order valence-electron chi connectivity index (χ1n) is 6.37. The van der Waals surface area contributed by atoms with Crippen molar-refractivity contribution in [3.63, 3.8) is 0 Å². The van der Waals surface area contributed by atoms with Gasteiger partial charge in [0.05, 0.1) is 0 Å². The second-order valence-electron chi connectivity index (χ2n) is 6.01. The van der Waals surface area contributed by atoms with Crippen molar-refractivity contribution in [2.75, 3.05) is 20.1 Å². The molecule has 0 saturated heterocycles. The number of nitrogens with two attached hydrogens (primary N) is 1. The van der Waals surface area contributed by atoms with Gasteiger partial charge in [0.1, 0.15) is 0 Å². The SMILES string of the molecule is CCCN(C)C1(CN)CCC(C)(C)CC1. The molecule has 1 fully saturated rings. The van der Waals surface area contributed by atoms with Gasteiger partial charge in [0, 0.05) is 12.1 Å². The monoisotopic (exact) mass is 212 g/mol. The highest BCUT2D eigenvalue weighted by Crippen LogP contribution is 2.42. The molecule has 1 aliphatic carbocycles. The summed E-state index contributed by atoms with van der Waals surface area (Å²) < 4.78 is 0. The van der Waals surface area contributed by atoms with Crippen molar-refractivity contribution in [3.8, 4) is 0 Å². The molecule has 0 amide bonds. The van der Waals surface area contributed by atoms with Crippen LogP contribution in [0.25, 0.3) is 0 Å². The first-order valence-corrected chi connectivity index (χ1v) is 6.37. The molecule has 2 nitrogen and oxygen atoms in total. The van der Waals surface area contributed by atoms with Gasteiger partial charge in [-0.2, -0.15) is 0 Å². The molecule has 0 aliphatic heterocycles. The fraction of sp³-hybridized carbons (Fsp3) is 1.00. The smallest absolute Gasteiger partial charge is 0.0329 e. The highest BCUT2D eigenvalue weighted by atomic mass is 15.2. The lowest BCUT2D eigenvalue weighted by atomic mass is 9.69. The van der Waals surface area contributed by atoms with E-state index in [2.05, 4.69) is 32.7 Å². The third kappa shape index (κ3) is 2.94. The molecule has 0 aromatic heterocycles. The van der Waals surface area contributed by atoms with E-state index in [0.717, 1.165) is 6.54 Å². The molecule has 1 rings (SSSR count). The highest BCUT2D eigenvalue weighted by molar-refractivity contribution is 4.96. The third-order valence-corrected chi connectivity index (χ3v) is 4.28. The summed E-state index contributed by atoms with van der Waals surface area (Å²) in [6, 6.07) is 0. The molecule has 0 radical (unpaired) electrons. The van der Waals surface area contributed by atoms with E-state index < -0.39 is 0 Å². The normalized spacial score (nSPS) is 24.4. The lowest BCUT2D eigenvalue weighted by molar-refractivity contribution is 0.0418. The van der Waals surface area contributed by atoms with Gasteiger partial charge in [0.2, 0.25) is 0 Å². The highest BCUT2D eigenvalue weighted by Gasteiger charge is 2.39. The molecule has 0 atom stereocenters. The van der Waals surface area contributed by atoms with Crippen LogP contribution in [0.5, 0.6) is 0 Å².